The highest BCUT2D eigenvalue weighted by molar-refractivity contribution is 7.47. The number of imidazole rings is 2. The van der Waals surface area contributed by atoms with Gasteiger partial charge in [0.15, 0.2) is 35.1 Å². The van der Waals surface area contributed by atoms with Crippen LogP contribution in [-0.2, 0) is 32.2 Å². The molecule has 4 aromatic heterocycles. The minimum Gasteiger partial charge on any atom is -0.394 e. The number of nitrogens with zero attached hydrogens (tertiary/aromatic N) is 7. The first-order valence-electron chi connectivity index (χ1n) is 13.0. The second kappa shape index (κ2) is 12.0. The zero-order valence-corrected chi connectivity index (χ0v) is 24.7. The number of anilines is 2. The van der Waals surface area contributed by atoms with E-state index in [0.717, 1.165) is 17.2 Å². The van der Waals surface area contributed by atoms with Crippen molar-refractivity contribution in [2.24, 2.45) is 0 Å². The maximum absolute atomic E-state index is 13.0. The van der Waals surface area contributed by atoms with Gasteiger partial charge in [-0.3, -0.25) is 32.5 Å². The number of hydrogen-bond donors (Lipinski definition) is 9. The average molecular weight is 692 g/mol. The highest BCUT2D eigenvalue weighted by Gasteiger charge is 2.52. The molecule has 6 heterocycles. The highest BCUT2D eigenvalue weighted by atomic mass is 31.2. The summed E-state index contributed by atoms with van der Waals surface area (Å²) in [4.78, 5) is 63.6. The summed E-state index contributed by atoms with van der Waals surface area (Å²) in [5.74, 6) is -0.290. The maximum Gasteiger partial charge on any atom is 0.472 e. The highest BCUT2D eigenvalue weighted by Crippen LogP contribution is 2.50. The van der Waals surface area contributed by atoms with Crippen molar-refractivity contribution in [3.8, 4) is 0 Å². The Bertz CT molecular complexity index is 1910. The van der Waals surface area contributed by atoms with Crippen molar-refractivity contribution in [2.75, 3.05) is 24.7 Å². The van der Waals surface area contributed by atoms with E-state index in [4.69, 9.17) is 34.5 Å². The number of aliphatic hydroxyl groups is 3. The molecule has 0 aliphatic carbocycles. The van der Waals surface area contributed by atoms with E-state index in [-0.39, 0.29) is 34.1 Å². The van der Waals surface area contributed by atoms with Gasteiger partial charge in [-0.1, -0.05) is 0 Å². The number of aromatic nitrogens is 8. The third-order valence-corrected chi connectivity index (χ3v) is 8.61. The Hall–Kier alpha value is -3.48. The topological polar surface area (TPSA) is 361 Å². The summed E-state index contributed by atoms with van der Waals surface area (Å²) < 4.78 is 53.2. The van der Waals surface area contributed by atoms with Gasteiger partial charge in [-0.25, -0.2) is 29.1 Å². The fourth-order valence-electron chi connectivity index (χ4n) is 5.12. The lowest BCUT2D eigenvalue weighted by Gasteiger charge is -2.23. The van der Waals surface area contributed by atoms with Crippen molar-refractivity contribution < 1.29 is 62.2 Å². The SMILES string of the molecule is Nc1nc2c(ncn2[C@@H]2O[C@H](COP(=O)(O)O[C@H]3[C@@H](O)[C@H](n4cnc5c(N)ncnc54)O[C@@H]3CO)[C@@H](O)[C@H]2OP(=O)(O)O)c(=O)[nH]1. The lowest BCUT2D eigenvalue weighted by molar-refractivity contribution is -0.0582. The summed E-state index contributed by atoms with van der Waals surface area (Å²) in [7, 11) is -10.4. The van der Waals surface area contributed by atoms with Crippen LogP contribution in [0.2, 0.25) is 0 Å². The zero-order valence-electron chi connectivity index (χ0n) is 22.9. The number of nitrogens with two attached hydrogens (primary N) is 2. The van der Waals surface area contributed by atoms with Gasteiger partial charge in [-0.2, -0.15) is 4.98 Å². The molecule has 4 aromatic rings. The molecule has 0 saturated carbocycles. The third kappa shape index (κ3) is 6.02. The number of phosphoric acid groups is 2. The van der Waals surface area contributed by atoms with Crippen LogP contribution in [0.5, 0.6) is 0 Å². The first-order chi connectivity index (χ1) is 21.7. The van der Waals surface area contributed by atoms with Crippen LogP contribution in [0.25, 0.3) is 22.3 Å². The van der Waals surface area contributed by atoms with E-state index in [0.29, 0.717) is 0 Å². The molecule has 1 unspecified atom stereocenters. The maximum atomic E-state index is 13.0. The predicted molar refractivity (Wildman–Crippen MR) is 147 cm³/mol. The lowest BCUT2D eigenvalue weighted by atomic mass is 10.1. The van der Waals surface area contributed by atoms with Crippen molar-refractivity contribution in [3.05, 3.63) is 29.3 Å². The molecule has 250 valence electrons. The van der Waals surface area contributed by atoms with Crippen LogP contribution in [-0.4, -0.2) is 119 Å². The van der Waals surface area contributed by atoms with Crippen LogP contribution in [0.1, 0.15) is 12.5 Å². The van der Waals surface area contributed by atoms with E-state index in [1.165, 1.54) is 10.9 Å². The smallest absolute Gasteiger partial charge is 0.394 e. The van der Waals surface area contributed by atoms with Crippen molar-refractivity contribution in [1.29, 1.82) is 0 Å². The summed E-state index contributed by atoms with van der Waals surface area (Å²) in [6.45, 7) is -1.70. The largest absolute Gasteiger partial charge is 0.472 e. The zero-order chi connectivity index (χ0) is 33.1. The molecule has 2 aliphatic heterocycles. The van der Waals surface area contributed by atoms with Crippen LogP contribution in [0, 0.1) is 0 Å². The van der Waals surface area contributed by atoms with Crippen LogP contribution >= 0.6 is 15.6 Å². The lowest BCUT2D eigenvalue weighted by Crippen LogP contribution is -2.37. The van der Waals surface area contributed by atoms with Gasteiger partial charge in [0.05, 0.1) is 25.9 Å². The number of nitrogen functional groups attached to an aromatic ring is 2. The summed E-state index contributed by atoms with van der Waals surface area (Å²) in [6.07, 6.45) is -9.58. The Morgan fingerprint density at radius 2 is 1.57 bits per heavy atom. The molecule has 2 saturated heterocycles. The molecular formula is C20H26N10O14P2. The number of H-pyrrole nitrogens is 1. The normalized spacial score (nSPS) is 30.0. The van der Waals surface area contributed by atoms with E-state index in [2.05, 4.69) is 29.9 Å². The summed E-state index contributed by atoms with van der Waals surface area (Å²) >= 11 is 0. The quantitative estimate of drug-likeness (QED) is 0.0731. The molecule has 6 rings (SSSR count). The number of phosphoric ester groups is 2. The van der Waals surface area contributed by atoms with Gasteiger partial charge in [0, 0.05) is 0 Å². The fourth-order valence-corrected chi connectivity index (χ4v) is 6.63. The van der Waals surface area contributed by atoms with E-state index >= 15 is 0 Å². The van der Waals surface area contributed by atoms with Gasteiger partial charge in [0.1, 0.15) is 48.5 Å². The molecule has 26 heteroatoms. The Labute approximate surface area is 254 Å². The minimum absolute atomic E-state index is 0.0401. The number of ether oxygens (including phenoxy) is 2. The Balaban J connectivity index is 1.19. The molecule has 46 heavy (non-hydrogen) atoms. The number of nitrogens with one attached hydrogen (secondary N) is 1. The minimum atomic E-state index is -5.27. The summed E-state index contributed by atoms with van der Waals surface area (Å²) in [5.41, 5.74) is 10.5. The number of rotatable bonds is 10. The van der Waals surface area contributed by atoms with Gasteiger partial charge in [0.2, 0.25) is 5.95 Å². The summed E-state index contributed by atoms with van der Waals surface area (Å²) in [5, 5.41) is 31.7. The van der Waals surface area contributed by atoms with Gasteiger partial charge >= 0.3 is 15.6 Å². The van der Waals surface area contributed by atoms with Gasteiger partial charge in [-0.05, 0) is 0 Å². The third-order valence-electron chi connectivity index (χ3n) is 7.10. The van der Waals surface area contributed by atoms with Crippen LogP contribution < -0.4 is 17.0 Å². The van der Waals surface area contributed by atoms with E-state index in [1.54, 1.807) is 0 Å². The number of aromatic amines is 1. The number of aliphatic hydroxyl groups excluding tert-OH is 3. The number of hydrogen-bond acceptors (Lipinski definition) is 18. The van der Waals surface area contributed by atoms with Crippen molar-refractivity contribution in [1.82, 2.24) is 39.0 Å². The molecular weight excluding hydrogens is 666 g/mol. The standard InChI is InChI=1S/C20H26N10O14P2/c21-14-8-15(24-3-23-14)29(4-25-8)18-11(33)12(6(1-31)41-18)44-46(38,39)40-2-7-10(32)13(43-45(35,36)37)19(42-7)30-5-26-9-16(30)27-20(22)28-17(9)34/h3-7,10-13,18-19,31-33H,1-2H2,(H,38,39)(H2,21,23,24)(H2,35,36,37)(H3,22,27,28,34)/t6-,7-,10-,11-,12-,13-,18-,19-/m1/s1. The molecule has 0 bridgehead atoms. The molecule has 11 N–H and O–H groups in total. The molecule has 0 amide bonds. The second-order valence-corrected chi connectivity index (χ2v) is 12.6. The Kier molecular flexibility index (Phi) is 8.43. The molecule has 0 radical (unpaired) electrons. The van der Waals surface area contributed by atoms with Crippen LogP contribution in [0.4, 0.5) is 11.8 Å². The van der Waals surface area contributed by atoms with E-state index in [9.17, 15) is 43.9 Å². The van der Waals surface area contributed by atoms with Crippen LogP contribution in [0.3, 0.4) is 0 Å². The molecule has 9 atom stereocenters. The van der Waals surface area contributed by atoms with Gasteiger partial charge in [0.25, 0.3) is 5.56 Å². The molecule has 0 aromatic carbocycles. The average Bonchev–Trinajstić information content (AvgIpc) is 3.73. The van der Waals surface area contributed by atoms with Crippen molar-refractivity contribution in [2.45, 2.75) is 49.1 Å². The van der Waals surface area contributed by atoms with Crippen molar-refractivity contribution in [3.63, 3.8) is 0 Å². The van der Waals surface area contributed by atoms with Crippen LogP contribution in [0.15, 0.2) is 23.8 Å². The van der Waals surface area contributed by atoms with E-state index in [1.807, 2.05) is 0 Å². The van der Waals surface area contributed by atoms with E-state index < -0.39 is 83.5 Å². The Morgan fingerprint density at radius 3 is 2.26 bits per heavy atom. The van der Waals surface area contributed by atoms with Gasteiger partial charge in [-0.15, -0.1) is 0 Å². The summed E-state index contributed by atoms with van der Waals surface area (Å²) in [6, 6.07) is 0. The molecule has 2 aliphatic rings. The molecule has 0 spiro atoms. The second-order valence-electron chi connectivity index (χ2n) is 10.0. The fraction of sp³-hybridized carbons (Fsp3) is 0.500. The predicted octanol–water partition coefficient (Wildman–Crippen LogP) is -3.39. The molecule has 24 nitrogen and oxygen atoms in total. The first-order valence-corrected chi connectivity index (χ1v) is 16.0. The van der Waals surface area contributed by atoms with Gasteiger partial charge < -0.3 is 50.9 Å². The van der Waals surface area contributed by atoms with Crippen molar-refractivity contribution >= 4 is 49.7 Å². The Morgan fingerprint density at radius 1 is 0.891 bits per heavy atom. The number of fused-ring (bicyclic) bond motifs is 2. The monoisotopic (exact) mass is 692 g/mol. The molecule has 2 fully saturated rings. The first kappa shape index (κ1) is 32.5.